The number of ether oxygens (including phenoxy) is 1. The Labute approximate surface area is 169 Å². The lowest BCUT2D eigenvalue weighted by Crippen LogP contribution is -2.25. The Morgan fingerprint density at radius 1 is 1.31 bits per heavy atom. The number of benzene rings is 2. The minimum Gasteiger partial charge on any atom is -0.495 e. The summed E-state index contributed by atoms with van der Waals surface area (Å²) in [5.41, 5.74) is 0.372. The molecule has 3 aromatic rings. The lowest BCUT2D eigenvalue weighted by atomic mass is 10.2. The Kier molecular flexibility index (Phi) is 5.83. The summed E-state index contributed by atoms with van der Waals surface area (Å²) in [5, 5.41) is 13.9. The van der Waals surface area contributed by atoms with Crippen LogP contribution in [0.15, 0.2) is 52.4 Å². The second-order valence-electron chi connectivity index (χ2n) is 6.17. The van der Waals surface area contributed by atoms with Crippen molar-refractivity contribution in [1.82, 2.24) is 9.55 Å². The smallest absolute Gasteiger partial charge is 0.271 e. The van der Waals surface area contributed by atoms with Gasteiger partial charge in [-0.25, -0.2) is 4.98 Å². The van der Waals surface area contributed by atoms with Gasteiger partial charge < -0.3 is 10.1 Å². The minimum absolute atomic E-state index is 0.167. The fourth-order valence-corrected chi connectivity index (χ4v) is 3.53. The van der Waals surface area contributed by atoms with Gasteiger partial charge in [0.25, 0.3) is 11.2 Å². The van der Waals surface area contributed by atoms with Gasteiger partial charge in [0.2, 0.25) is 5.91 Å². The summed E-state index contributed by atoms with van der Waals surface area (Å²) in [7, 11) is 3.00. The standard InChI is InChI=1S/C19H18N4O5S/c1-11(17(24)20-15-10-12(23(26)27)8-9-16(15)28-3)29-19-21-14-7-5-4-6-13(14)18(25)22(19)2/h4-11H,1-3H3,(H,20,24). The van der Waals surface area contributed by atoms with Crippen molar-refractivity contribution in [2.75, 3.05) is 12.4 Å². The molecular formula is C19H18N4O5S. The Hall–Kier alpha value is -3.40. The number of non-ortho nitro benzene ring substituents is 1. The van der Waals surface area contributed by atoms with Crippen LogP contribution in [-0.2, 0) is 11.8 Å². The second kappa shape index (κ2) is 8.31. The van der Waals surface area contributed by atoms with Crippen molar-refractivity contribution in [2.45, 2.75) is 17.3 Å². The molecule has 0 bridgehead atoms. The van der Waals surface area contributed by atoms with E-state index in [1.54, 1.807) is 38.2 Å². The van der Waals surface area contributed by atoms with Gasteiger partial charge in [0.1, 0.15) is 5.75 Å². The summed E-state index contributed by atoms with van der Waals surface area (Å²) in [4.78, 5) is 40.1. The van der Waals surface area contributed by atoms with Crippen molar-refractivity contribution in [2.24, 2.45) is 7.05 Å². The number of fused-ring (bicyclic) bond motifs is 1. The van der Waals surface area contributed by atoms with Crippen molar-refractivity contribution in [3.8, 4) is 5.75 Å². The molecule has 0 fully saturated rings. The van der Waals surface area contributed by atoms with E-state index in [1.165, 1.54) is 29.9 Å². The van der Waals surface area contributed by atoms with E-state index in [0.29, 0.717) is 21.8 Å². The average Bonchev–Trinajstić information content (AvgIpc) is 2.71. The minimum atomic E-state index is -0.627. The molecule has 29 heavy (non-hydrogen) atoms. The van der Waals surface area contributed by atoms with Gasteiger partial charge in [0.05, 0.1) is 33.9 Å². The van der Waals surface area contributed by atoms with Gasteiger partial charge in [-0.2, -0.15) is 0 Å². The number of para-hydroxylation sites is 1. The highest BCUT2D eigenvalue weighted by molar-refractivity contribution is 8.00. The third kappa shape index (κ3) is 4.21. The maximum atomic E-state index is 12.7. The number of nitro groups is 1. The molecular weight excluding hydrogens is 396 g/mol. The second-order valence-corrected chi connectivity index (χ2v) is 7.47. The molecule has 0 aliphatic rings. The molecule has 0 aliphatic carbocycles. The third-order valence-electron chi connectivity index (χ3n) is 4.25. The zero-order valence-electron chi connectivity index (χ0n) is 15.9. The van der Waals surface area contributed by atoms with Crippen LogP contribution in [0.3, 0.4) is 0 Å². The van der Waals surface area contributed by atoms with Crippen LogP contribution in [0.5, 0.6) is 5.75 Å². The number of thioether (sulfide) groups is 1. The van der Waals surface area contributed by atoms with Crippen molar-refractivity contribution >= 4 is 39.9 Å². The fraction of sp³-hybridized carbons (Fsp3) is 0.211. The molecule has 0 saturated heterocycles. The van der Waals surface area contributed by atoms with Gasteiger partial charge >= 0.3 is 0 Å². The topological polar surface area (TPSA) is 116 Å². The van der Waals surface area contributed by atoms with E-state index < -0.39 is 16.1 Å². The largest absolute Gasteiger partial charge is 0.495 e. The van der Waals surface area contributed by atoms with E-state index in [2.05, 4.69) is 10.3 Å². The Bertz CT molecular complexity index is 1160. The SMILES string of the molecule is COc1ccc([N+](=O)[O-])cc1NC(=O)C(C)Sc1nc2ccccc2c(=O)n1C. The number of carbonyl (C=O) groups excluding carboxylic acids is 1. The third-order valence-corrected chi connectivity index (χ3v) is 5.39. The number of rotatable bonds is 6. The van der Waals surface area contributed by atoms with Crippen LogP contribution in [0.2, 0.25) is 0 Å². The maximum Gasteiger partial charge on any atom is 0.271 e. The first-order valence-corrected chi connectivity index (χ1v) is 9.45. The highest BCUT2D eigenvalue weighted by Gasteiger charge is 2.21. The highest BCUT2D eigenvalue weighted by atomic mass is 32.2. The molecule has 1 aromatic heterocycles. The molecule has 2 aromatic carbocycles. The van der Waals surface area contributed by atoms with Gasteiger partial charge in [-0.05, 0) is 25.1 Å². The molecule has 1 N–H and O–H groups in total. The summed E-state index contributed by atoms with van der Waals surface area (Å²) in [6.45, 7) is 1.66. The maximum absolute atomic E-state index is 12.7. The van der Waals surface area contributed by atoms with E-state index in [-0.39, 0.29) is 16.9 Å². The first kappa shape index (κ1) is 20.3. The van der Waals surface area contributed by atoms with Crippen molar-refractivity contribution in [3.63, 3.8) is 0 Å². The number of methoxy groups -OCH3 is 1. The van der Waals surface area contributed by atoms with Crippen LogP contribution in [-0.4, -0.2) is 32.7 Å². The predicted octanol–water partition coefficient (Wildman–Crippen LogP) is 2.97. The van der Waals surface area contributed by atoms with Crippen LogP contribution in [0.1, 0.15) is 6.92 Å². The lowest BCUT2D eigenvalue weighted by molar-refractivity contribution is -0.384. The Morgan fingerprint density at radius 3 is 2.72 bits per heavy atom. The first-order chi connectivity index (χ1) is 13.8. The number of hydrogen-bond acceptors (Lipinski definition) is 7. The monoisotopic (exact) mass is 414 g/mol. The summed E-state index contributed by atoms with van der Waals surface area (Å²) >= 11 is 1.12. The number of amides is 1. The summed E-state index contributed by atoms with van der Waals surface area (Å²) in [5.74, 6) is -0.103. The number of hydrogen-bond donors (Lipinski definition) is 1. The Balaban J connectivity index is 1.84. The molecule has 3 rings (SSSR count). The molecule has 1 unspecified atom stereocenters. The number of carbonyl (C=O) groups is 1. The average molecular weight is 414 g/mol. The molecule has 1 amide bonds. The summed E-state index contributed by atoms with van der Waals surface area (Å²) < 4.78 is 6.55. The van der Waals surface area contributed by atoms with E-state index in [1.807, 2.05) is 0 Å². The number of nitrogens with zero attached hydrogens (tertiary/aromatic N) is 3. The van der Waals surface area contributed by atoms with E-state index >= 15 is 0 Å². The fourth-order valence-electron chi connectivity index (χ4n) is 2.66. The highest BCUT2D eigenvalue weighted by Crippen LogP contribution is 2.30. The van der Waals surface area contributed by atoms with E-state index in [9.17, 15) is 19.7 Å². The van der Waals surface area contributed by atoms with Gasteiger partial charge in [-0.15, -0.1) is 0 Å². The van der Waals surface area contributed by atoms with Gasteiger partial charge in [0.15, 0.2) is 5.16 Å². The number of aromatic nitrogens is 2. The molecule has 0 spiro atoms. The van der Waals surface area contributed by atoms with Gasteiger partial charge in [-0.3, -0.25) is 24.3 Å². The zero-order valence-corrected chi connectivity index (χ0v) is 16.7. The van der Waals surface area contributed by atoms with Crippen LogP contribution >= 0.6 is 11.8 Å². The lowest BCUT2D eigenvalue weighted by Gasteiger charge is -2.15. The summed E-state index contributed by atoms with van der Waals surface area (Å²) in [6, 6.07) is 10.9. The van der Waals surface area contributed by atoms with Crippen molar-refractivity contribution in [3.05, 3.63) is 62.9 Å². The van der Waals surface area contributed by atoms with Gasteiger partial charge in [0, 0.05) is 19.2 Å². The van der Waals surface area contributed by atoms with E-state index in [4.69, 9.17) is 4.74 Å². The van der Waals surface area contributed by atoms with Crippen molar-refractivity contribution in [1.29, 1.82) is 0 Å². The predicted molar refractivity (Wildman–Crippen MR) is 111 cm³/mol. The molecule has 0 radical (unpaired) electrons. The molecule has 10 heteroatoms. The van der Waals surface area contributed by atoms with Gasteiger partial charge in [-0.1, -0.05) is 23.9 Å². The molecule has 150 valence electrons. The van der Waals surface area contributed by atoms with Crippen LogP contribution < -0.4 is 15.6 Å². The normalized spacial score (nSPS) is 11.8. The molecule has 1 atom stereocenters. The quantitative estimate of drug-likeness (QED) is 0.285. The summed E-state index contributed by atoms with van der Waals surface area (Å²) in [6.07, 6.45) is 0. The van der Waals surface area contributed by atoms with E-state index in [0.717, 1.165) is 11.8 Å². The first-order valence-electron chi connectivity index (χ1n) is 8.57. The van der Waals surface area contributed by atoms with Crippen molar-refractivity contribution < 1.29 is 14.5 Å². The van der Waals surface area contributed by atoms with Crippen LogP contribution in [0.4, 0.5) is 11.4 Å². The molecule has 0 saturated carbocycles. The number of nitrogens with one attached hydrogen (secondary N) is 1. The Morgan fingerprint density at radius 2 is 2.03 bits per heavy atom. The van der Waals surface area contributed by atoms with Crippen LogP contribution in [0, 0.1) is 10.1 Å². The molecule has 1 heterocycles. The molecule has 9 nitrogen and oxygen atoms in total. The zero-order chi connectivity index (χ0) is 21.1. The molecule has 0 aliphatic heterocycles. The number of nitro benzene ring substituents is 1. The van der Waals surface area contributed by atoms with Crippen LogP contribution in [0.25, 0.3) is 10.9 Å². The number of anilines is 1.